The van der Waals surface area contributed by atoms with Crippen LogP contribution in [-0.4, -0.2) is 26.1 Å². The minimum atomic E-state index is -0.105. The molecular formula is C24H17N3O2S2. The molecule has 0 atom stereocenters. The summed E-state index contributed by atoms with van der Waals surface area (Å²) in [5, 5.41) is 1.40. The molecule has 0 saturated heterocycles. The van der Waals surface area contributed by atoms with Crippen molar-refractivity contribution in [2.24, 2.45) is 0 Å². The molecule has 3 aromatic heterocycles. The first kappa shape index (κ1) is 19.7. The summed E-state index contributed by atoms with van der Waals surface area (Å²) in [6, 6.07) is 22.7. The first-order valence-electron chi connectivity index (χ1n) is 9.74. The number of rotatable bonds is 6. The van der Waals surface area contributed by atoms with E-state index in [0.29, 0.717) is 27.5 Å². The summed E-state index contributed by atoms with van der Waals surface area (Å²) in [5.41, 5.74) is 2.20. The van der Waals surface area contributed by atoms with Gasteiger partial charge in [-0.3, -0.25) is 14.2 Å². The summed E-state index contributed by atoms with van der Waals surface area (Å²) >= 11 is 2.66. The summed E-state index contributed by atoms with van der Waals surface area (Å²) in [5.74, 6) is 0.208. The lowest BCUT2D eigenvalue weighted by Gasteiger charge is -2.12. The van der Waals surface area contributed by atoms with Crippen molar-refractivity contribution in [3.05, 3.63) is 100 Å². The van der Waals surface area contributed by atoms with Crippen LogP contribution in [0.2, 0.25) is 0 Å². The van der Waals surface area contributed by atoms with Crippen molar-refractivity contribution in [1.82, 2.24) is 14.5 Å². The Morgan fingerprint density at radius 1 is 0.968 bits per heavy atom. The highest BCUT2D eigenvalue weighted by Crippen LogP contribution is 2.30. The minimum Gasteiger partial charge on any atom is -0.293 e. The van der Waals surface area contributed by atoms with E-state index in [1.165, 1.54) is 23.1 Å². The van der Waals surface area contributed by atoms with Gasteiger partial charge in [0.15, 0.2) is 10.9 Å². The van der Waals surface area contributed by atoms with Crippen LogP contribution in [0.3, 0.4) is 0 Å². The van der Waals surface area contributed by atoms with Gasteiger partial charge in [0.25, 0.3) is 5.56 Å². The van der Waals surface area contributed by atoms with E-state index in [1.807, 2.05) is 60.7 Å². The van der Waals surface area contributed by atoms with Crippen LogP contribution in [0.25, 0.3) is 20.4 Å². The van der Waals surface area contributed by atoms with E-state index in [-0.39, 0.29) is 17.1 Å². The van der Waals surface area contributed by atoms with Crippen molar-refractivity contribution in [1.29, 1.82) is 0 Å². The third-order valence-corrected chi connectivity index (χ3v) is 7.00. The number of benzene rings is 2. The van der Waals surface area contributed by atoms with Gasteiger partial charge in [-0.2, -0.15) is 0 Å². The molecule has 0 aliphatic rings. The normalized spacial score (nSPS) is 11.2. The number of carbonyl (C=O) groups is 1. The Labute approximate surface area is 186 Å². The van der Waals surface area contributed by atoms with Gasteiger partial charge in [0, 0.05) is 17.1 Å². The molecule has 0 aliphatic heterocycles. The molecule has 0 saturated carbocycles. The number of nitrogens with zero attached hydrogens (tertiary/aromatic N) is 3. The fourth-order valence-electron chi connectivity index (χ4n) is 3.39. The van der Waals surface area contributed by atoms with E-state index in [9.17, 15) is 9.59 Å². The van der Waals surface area contributed by atoms with Crippen molar-refractivity contribution < 1.29 is 4.79 Å². The van der Waals surface area contributed by atoms with E-state index in [0.717, 1.165) is 15.8 Å². The third kappa shape index (κ3) is 3.89. The summed E-state index contributed by atoms with van der Waals surface area (Å²) < 4.78 is 2.25. The van der Waals surface area contributed by atoms with E-state index < -0.39 is 0 Å². The average Bonchev–Trinajstić information content (AvgIpc) is 3.20. The second kappa shape index (κ2) is 8.45. The number of aromatic nitrogens is 3. The molecule has 0 fully saturated rings. The molecule has 31 heavy (non-hydrogen) atoms. The van der Waals surface area contributed by atoms with E-state index in [4.69, 9.17) is 4.98 Å². The predicted octanol–water partition coefficient (Wildman–Crippen LogP) is 5.03. The van der Waals surface area contributed by atoms with E-state index in [1.54, 1.807) is 22.9 Å². The molecule has 0 radical (unpaired) electrons. The van der Waals surface area contributed by atoms with Crippen LogP contribution < -0.4 is 5.56 Å². The topological polar surface area (TPSA) is 64.8 Å². The highest BCUT2D eigenvalue weighted by molar-refractivity contribution is 7.99. The number of thiophene rings is 1. The van der Waals surface area contributed by atoms with Crippen LogP contribution in [0.15, 0.2) is 88.9 Å². The first-order valence-corrected chi connectivity index (χ1v) is 11.5. The van der Waals surface area contributed by atoms with Crippen molar-refractivity contribution in [3.63, 3.8) is 0 Å². The Morgan fingerprint density at radius 3 is 2.48 bits per heavy atom. The molecule has 152 valence electrons. The van der Waals surface area contributed by atoms with Crippen LogP contribution in [-0.2, 0) is 6.54 Å². The number of pyridine rings is 1. The van der Waals surface area contributed by atoms with Gasteiger partial charge in [-0.1, -0.05) is 72.4 Å². The molecule has 0 spiro atoms. The minimum absolute atomic E-state index is 0.00282. The molecule has 0 N–H and O–H groups in total. The van der Waals surface area contributed by atoms with Crippen molar-refractivity contribution in [2.45, 2.75) is 11.7 Å². The van der Waals surface area contributed by atoms with Gasteiger partial charge in [0.2, 0.25) is 0 Å². The van der Waals surface area contributed by atoms with Gasteiger partial charge in [-0.05, 0) is 17.7 Å². The maximum Gasteiger partial charge on any atom is 0.272 e. The quantitative estimate of drug-likeness (QED) is 0.209. The Kier molecular flexibility index (Phi) is 5.36. The zero-order valence-electron chi connectivity index (χ0n) is 16.4. The molecule has 7 heteroatoms. The van der Waals surface area contributed by atoms with Crippen molar-refractivity contribution >= 4 is 49.3 Å². The average molecular weight is 444 g/mol. The van der Waals surface area contributed by atoms with Crippen LogP contribution in [0.1, 0.15) is 15.9 Å². The van der Waals surface area contributed by atoms with Crippen LogP contribution in [0.4, 0.5) is 0 Å². The van der Waals surface area contributed by atoms with Gasteiger partial charge in [-0.15, -0.1) is 11.3 Å². The Hall–Kier alpha value is -3.29. The van der Waals surface area contributed by atoms with Crippen molar-refractivity contribution in [2.75, 3.05) is 5.75 Å². The number of carbonyl (C=O) groups excluding carboxylic acids is 1. The third-order valence-electron chi connectivity index (χ3n) is 4.93. The highest BCUT2D eigenvalue weighted by atomic mass is 32.2. The standard InChI is InChI=1S/C24H17N3O2S2/c28-19(17-10-5-2-6-11-17)15-30-24-26-20-18-12-7-13-25-22(18)31-21(20)23(29)27(24)14-16-8-3-1-4-9-16/h1-13H,14-15H2. The molecule has 2 aromatic carbocycles. The van der Waals surface area contributed by atoms with Crippen LogP contribution >= 0.6 is 23.1 Å². The van der Waals surface area contributed by atoms with Gasteiger partial charge in [-0.25, -0.2) is 9.97 Å². The Balaban J connectivity index is 1.59. The SMILES string of the molecule is O=C(CSc1nc2c(sc3ncccc32)c(=O)n1Cc1ccccc1)c1ccccc1. The molecule has 0 bridgehead atoms. The second-order valence-electron chi connectivity index (χ2n) is 6.99. The number of ketones is 1. The zero-order chi connectivity index (χ0) is 21.2. The number of hydrogen-bond donors (Lipinski definition) is 0. The molecule has 0 aliphatic carbocycles. The highest BCUT2D eigenvalue weighted by Gasteiger charge is 2.18. The van der Waals surface area contributed by atoms with Crippen molar-refractivity contribution in [3.8, 4) is 0 Å². The molecular weight excluding hydrogens is 426 g/mol. The molecule has 0 unspecified atom stereocenters. The summed E-state index contributed by atoms with van der Waals surface area (Å²) in [6.45, 7) is 0.395. The Morgan fingerprint density at radius 2 is 1.71 bits per heavy atom. The summed E-state index contributed by atoms with van der Waals surface area (Å²) in [7, 11) is 0. The fourth-order valence-corrected chi connectivity index (χ4v) is 5.31. The number of Topliss-reactive ketones (excluding diaryl/α,β-unsaturated/α-hetero) is 1. The van der Waals surface area contributed by atoms with Gasteiger partial charge < -0.3 is 0 Å². The smallest absolute Gasteiger partial charge is 0.272 e. The summed E-state index contributed by atoms with van der Waals surface area (Å²) in [4.78, 5) is 36.1. The number of fused-ring (bicyclic) bond motifs is 3. The maximum atomic E-state index is 13.4. The number of hydrogen-bond acceptors (Lipinski definition) is 6. The molecule has 3 heterocycles. The molecule has 5 nitrogen and oxygen atoms in total. The fraction of sp³-hybridized carbons (Fsp3) is 0.0833. The first-order chi connectivity index (χ1) is 15.2. The Bertz CT molecular complexity index is 1440. The van der Waals surface area contributed by atoms with E-state index in [2.05, 4.69) is 4.98 Å². The van der Waals surface area contributed by atoms with E-state index >= 15 is 0 Å². The second-order valence-corrected chi connectivity index (χ2v) is 8.93. The molecule has 5 aromatic rings. The van der Waals surface area contributed by atoms with Crippen LogP contribution in [0, 0.1) is 0 Å². The number of thioether (sulfide) groups is 1. The lowest BCUT2D eigenvalue weighted by molar-refractivity contribution is 0.102. The lowest BCUT2D eigenvalue weighted by atomic mass is 10.2. The predicted molar refractivity (Wildman–Crippen MR) is 126 cm³/mol. The largest absolute Gasteiger partial charge is 0.293 e. The maximum absolute atomic E-state index is 13.4. The summed E-state index contributed by atoms with van der Waals surface area (Å²) in [6.07, 6.45) is 1.72. The van der Waals surface area contributed by atoms with Gasteiger partial charge in [0.05, 0.1) is 17.8 Å². The molecule has 5 rings (SSSR count). The van der Waals surface area contributed by atoms with Gasteiger partial charge >= 0.3 is 0 Å². The molecule has 0 amide bonds. The monoisotopic (exact) mass is 443 g/mol. The zero-order valence-corrected chi connectivity index (χ0v) is 18.0. The van der Waals surface area contributed by atoms with Crippen LogP contribution in [0.5, 0.6) is 0 Å². The van der Waals surface area contributed by atoms with Gasteiger partial charge in [0.1, 0.15) is 9.53 Å². The lowest BCUT2D eigenvalue weighted by Crippen LogP contribution is -2.23.